The quantitative estimate of drug-likeness (QED) is 0.703. The van der Waals surface area contributed by atoms with Crippen LogP contribution in [0.15, 0.2) is 29.2 Å². The Kier molecular flexibility index (Phi) is 6.23. The molecule has 6 nitrogen and oxygen atoms in total. The highest BCUT2D eigenvalue weighted by atomic mass is 32.2. The lowest BCUT2D eigenvalue weighted by atomic mass is 10.3. The van der Waals surface area contributed by atoms with E-state index in [-0.39, 0.29) is 4.90 Å². The fraction of sp³-hybridized carbons (Fsp3) is 0.500. The van der Waals surface area contributed by atoms with Gasteiger partial charge < -0.3 is 15.4 Å². The van der Waals surface area contributed by atoms with Gasteiger partial charge in [-0.1, -0.05) is 12.1 Å². The molecule has 0 aliphatic rings. The van der Waals surface area contributed by atoms with Crippen molar-refractivity contribution < 1.29 is 13.2 Å². The zero-order valence-electron chi connectivity index (χ0n) is 11.3. The topological polar surface area (TPSA) is 84.7 Å². The number of rotatable bonds is 8. The number of nitrogens with zero attached hydrogens (tertiary/aromatic N) is 1. The molecule has 0 unspecified atom stereocenters. The van der Waals surface area contributed by atoms with Gasteiger partial charge in [0.2, 0.25) is 10.0 Å². The van der Waals surface area contributed by atoms with Gasteiger partial charge in [-0.2, -0.15) is 0 Å². The molecule has 0 heterocycles. The highest BCUT2D eigenvalue weighted by molar-refractivity contribution is 7.89. The van der Waals surface area contributed by atoms with Crippen LogP contribution in [0.2, 0.25) is 0 Å². The zero-order chi connectivity index (χ0) is 14.3. The summed E-state index contributed by atoms with van der Waals surface area (Å²) in [6.07, 6.45) is 0. The predicted octanol–water partition coefficient (Wildman–Crippen LogP) is 0.00620. The number of anilines is 1. The first-order valence-corrected chi connectivity index (χ1v) is 7.51. The normalized spacial score (nSPS) is 11.5. The first-order chi connectivity index (χ1) is 9.06. The summed E-state index contributed by atoms with van der Waals surface area (Å²) in [6, 6.07) is 6.86. The van der Waals surface area contributed by atoms with Crippen molar-refractivity contribution in [3.63, 3.8) is 0 Å². The molecule has 0 saturated heterocycles. The lowest BCUT2D eigenvalue weighted by Crippen LogP contribution is -2.34. The Morgan fingerprint density at radius 1 is 1.32 bits per heavy atom. The SMILES string of the molecule is CNS(=O)(=O)c1ccccc1N(CCN)CCOC. The number of benzene rings is 1. The van der Waals surface area contributed by atoms with Gasteiger partial charge in [0.05, 0.1) is 12.3 Å². The lowest BCUT2D eigenvalue weighted by molar-refractivity contribution is 0.205. The van der Waals surface area contributed by atoms with Gasteiger partial charge in [-0.15, -0.1) is 0 Å². The van der Waals surface area contributed by atoms with E-state index < -0.39 is 10.0 Å². The van der Waals surface area contributed by atoms with Crippen LogP contribution in [-0.4, -0.2) is 48.8 Å². The van der Waals surface area contributed by atoms with Crippen LogP contribution >= 0.6 is 0 Å². The molecule has 0 aliphatic carbocycles. The van der Waals surface area contributed by atoms with E-state index in [0.29, 0.717) is 31.9 Å². The Morgan fingerprint density at radius 3 is 2.58 bits per heavy atom. The zero-order valence-corrected chi connectivity index (χ0v) is 12.1. The first kappa shape index (κ1) is 15.9. The van der Waals surface area contributed by atoms with E-state index in [1.807, 2.05) is 4.90 Å². The Balaban J connectivity index is 3.15. The fourth-order valence-electron chi connectivity index (χ4n) is 1.77. The summed E-state index contributed by atoms with van der Waals surface area (Å²) < 4.78 is 31.4. The molecule has 0 aliphatic heterocycles. The second-order valence-corrected chi connectivity index (χ2v) is 5.80. The summed E-state index contributed by atoms with van der Waals surface area (Å²) in [5.41, 5.74) is 6.22. The number of nitrogens with two attached hydrogens (primary N) is 1. The molecule has 1 aromatic rings. The second-order valence-electron chi connectivity index (χ2n) is 3.94. The van der Waals surface area contributed by atoms with Crippen LogP contribution in [0, 0.1) is 0 Å². The molecule has 1 aromatic carbocycles. The molecular formula is C12H21N3O3S. The van der Waals surface area contributed by atoms with Gasteiger partial charge in [0, 0.05) is 26.7 Å². The molecule has 0 aromatic heterocycles. The number of para-hydroxylation sites is 1. The summed E-state index contributed by atoms with van der Waals surface area (Å²) in [4.78, 5) is 2.16. The van der Waals surface area contributed by atoms with E-state index in [9.17, 15) is 8.42 Å². The van der Waals surface area contributed by atoms with E-state index in [0.717, 1.165) is 0 Å². The number of sulfonamides is 1. The second kappa shape index (κ2) is 7.44. The van der Waals surface area contributed by atoms with Gasteiger partial charge >= 0.3 is 0 Å². The first-order valence-electron chi connectivity index (χ1n) is 6.03. The smallest absolute Gasteiger partial charge is 0.242 e. The largest absolute Gasteiger partial charge is 0.383 e. The molecule has 0 radical (unpaired) electrons. The Morgan fingerprint density at radius 2 is 2.00 bits per heavy atom. The number of hydrogen-bond donors (Lipinski definition) is 2. The fourth-order valence-corrected chi connectivity index (χ4v) is 2.72. The van der Waals surface area contributed by atoms with Gasteiger partial charge in [-0.05, 0) is 19.2 Å². The van der Waals surface area contributed by atoms with E-state index in [1.54, 1.807) is 31.4 Å². The average Bonchev–Trinajstić information content (AvgIpc) is 2.43. The molecule has 3 N–H and O–H groups in total. The van der Waals surface area contributed by atoms with Crippen LogP contribution in [0.5, 0.6) is 0 Å². The van der Waals surface area contributed by atoms with Crippen molar-refractivity contribution in [3.05, 3.63) is 24.3 Å². The number of methoxy groups -OCH3 is 1. The van der Waals surface area contributed by atoms with Crippen molar-refractivity contribution >= 4 is 15.7 Å². The van der Waals surface area contributed by atoms with Crippen molar-refractivity contribution in [2.45, 2.75) is 4.90 Å². The molecule has 0 atom stereocenters. The van der Waals surface area contributed by atoms with Crippen molar-refractivity contribution in [3.8, 4) is 0 Å². The summed E-state index contributed by atoms with van der Waals surface area (Å²) in [7, 11) is -0.485. The van der Waals surface area contributed by atoms with E-state index in [2.05, 4.69) is 4.72 Å². The van der Waals surface area contributed by atoms with Crippen LogP contribution in [0.1, 0.15) is 0 Å². The van der Waals surface area contributed by atoms with E-state index in [1.165, 1.54) is 7.05 Å². The average molecular weight is 287 g/mol. The molecule has 108 valence electrons. The highest BCUT2D eigenvalue weighted by Crippen LogP contribution is 2.24. The monoisotopic (exact) mass is 287 g/mol. The summed E-state index contributed by atoms with van der Waals surface area (Å²) in [5, 5.41) is 0. The third-order valence-electron chi connectivity index (χ3n) is 2.73. The molecule has 7 heteroatoms. The number of nitrogens with one attached hydrogen (secondary N) is 1. The standard InChI is InChI=1S/C12H21N3O3S/c1-14-19(16,17)12-6-4-3-5-11(12)15(8-7-13)9-10-18-2/h3-6,14H,7-10,13H2,1-2H3. The highest BCUT2D eigenvalue weighted by Gasteiger charge is 2.19. The maximum atomic E-state index is 12.0. The van der Waals surface area contributed by atoms with Crippen LogP contribution in [-0.2, 0) is 14.8 Å². The maximum Gasteiger partial charge on any atom is 0.242 e. The Hall–Kier alpha value is -1.15. The molecular weight excluding hydrogens is 266 g/mol. The van der Waals surface area contributed by atoms with Crippen molar-refractivity contribution in [1.82, 2.24) is 4.72 Å². The van der Waals surface area contributed by atoms with Crippen molar-refractivity contribution in [2.24, 2.45) is 5.73 Å². The molecule has 0 fully saturated rings. The van der Waals surface area contributed by atoms with Crippen LogP contribution in [0.4, 0.5) is 5.69 Å². The minimum Gasteiger partial charge on any atom is -0.383 e. The van der Waals surface area contributed by atoms with Crippen LogP contribution in [0.3, 0.4) is 0 Å². The van der Waals surface area contributed by atoms with Crippen LogP contribution < -0.4 is 15.4 Å². The van der Waals surface area contributed by atoms with Crippen molar-refractivity contribution in [2.75, 3.05) is 45.3 Å². The van der Waals surface area contributed by atoms with Gasteiger partial charge in [0.1, 0.15) is 4.90 Å². The van der Waals surface area contributed by atoms with E-state index in [4.69, 9.17) is 10.5 Å². The van der Waals surface area contributed by atoms with Gasteiger partial charge in [0.15, 0.2) is 0 Å². The number of ether oxygens (including phenoxy) is 1. The molecule has 1 rings (SSSR count). The third-order valence-corrected chi connectivity index (χ3v) is 4.19. The predicted molar refractivity (Wildman–Crippen MR) is 75.8 cm³/mol. The molecule has 0 bridgehead atoms. The van der Waals surface area contributed by atoms with Crippen molar-refractivity contribution in [1.29, 1.82) is 0 Å². The van der Waals surface area contributed by atoms with Gasteiger partial charge in [-0.25, -0.2) is 13.1 Å². The Bertz CT molecular complexity index is 491. The van der Waals surface area contributed by atoms with E-state index >= 15 is 0 Å². The molecule has 19 heavy (non-hydrogen) atoms. The third kappa shape index (κ3) is 4.17. The van der Waals surface area contributed by atoms with Gasteiger partial charge in [0.25, 0.3) is 0 Å². The molecule has 0 saturated carbocycles. The minimum atomic E-state index is -3.49. The summed E-state index contributed by atoms with van der Waals surface area (Å²) in [6.45, 7) is 2.11. The minimum absolute atomic E-state index is 0.252. The maximum absolute atomic E-state index is 12.0. The summed E-state index contributed by atoms with van der Waals surface area (Å²) in [5.74, 6) is 0. The molecule has 0 spiro atoms. The van der Waals surface area contributed by atoms with Gasteiger partial charge in [-0.3, -0.25) is 0 Å². The molecule has 0 amide bonds. The number of hydrogen-bond acceptors (Lipinski definition) is 5. The van der Waals surface area contributed by atoms with Crippen LogP contribution in [0.25, 0.3) is 0 Å². The summed E-state index contributed by atoms with van der Waals surface area (Å²) >= 11 is 0. The lowest BCUT2D eigenvalue weighted by Gasteiger charge is -2.26. The Labute approximate surface area is 114 Å².